The molecule has 150 valence electrons. The molecule has 0 spiro atoms. The van der Waals surface area contributed by atoms with Crippen molar-refractivity contribution in [1.29, 1.82) is 0 Å². The summed E-state index contributed by atoms with van der Waals surface area (Å²) in [5, 5.41) is 2.61. The fraction of sp³-hybridized carbons (Fsp3) is 0.346. The lowest BCUT2D eigenvalue weighted by molar-refractivity contribution is 0.0601. The van der Waals surface area contributed by atoms with Crippen LogP contribution in [0.25, 0.3) is 21.9 Å². The molecule has 0 aromatic heterocycles. The highest BCUT2D eigenvalue weighted by Gasteiger charge is 2.37. The number of esters is 1. The summed E-state index contributed by atoms with van der Waals surface area (Å²) in [4.78, 5) is 11.7. The van der Waals surface area contributed by atoms with Crippen LogP contribution < -0.4 is 0 Å². The van der Waals surface area contributed by atoms with Crippen molar-refractivity contribution in [2.75, 3.05) is 7.11 Å². The summed E-state index contributed by atoms with van der Waals surface area (Å²) in [7, 11) is 1.41. The van der Waals surface area contributed by atoms with Crippen molar-refractivity contribution in [2.45, 2.75) is 51.4 Å². The highest BCUT2D eigenvalue weighted by Crippen LogP contribution is 2.47. The Bertz CT molecular complexity index is 1110. The van der Waals surface area contributed by atoms with Gasteiger partial charge in [-0.2, -0.15) is 0 Å². The molecule has 0 unspecified atom stereocenters. The van der Waals surface area contributed by atoms with E-state index in [9.17, 15) is 4.79 Å². The number of halogens is 1. The lowest BCUT2D eigenvalue weighted by atomic mass is 9.63. The molecule has 0 radical (unpaired) electrons. The highest BCUT2D eigenvalue weighted by atomic mass is 125. The first kappa shape index (κ1) is 20.4. The van der Waals surface area contributed by atoms with Crippen LogP contribution in [0.3, 0.4) is 0 Å². The van der Waals surface area contributed by atoms with E-state index in [2.05, 4.69) is 74.6 Å². The molecule has 4 rings (SSSR count). The van der Waals surface area contributed by atoms with Gasteiger partial charge in [-0.15, -0.1) is 0 Å². The molecule has 0 fully saturated rings. The lowest BCUT2D eigenvalue weighted by Gasteiger charge is -2.42. The van der Waals surface area contributed by atoms with Gasteiger partial charge in [0.25, 0.3) is 0 Å². The zero-order valence-electron chi connectivity index (χ0n) is 17.7. The van der Waals surface area contributed by atoms with Crippen molar-refractivity contribution >= 4 is 39.3 Å². The fourth-order valence-corrected chi connectivity index (χ4v) is 5.27. The lowest BCUT2D eigenvalue weighted by Crippen LogP contribution is -2.33. The van der Waals surface area contributed by atoms with Crippen molar-refractivity contribution in [1.82, 2.24) is 0 Å². The minimum absolute atomic E-state index is 0.197. The number of hydrogen-bond acceptors (Lipinski definition) is 2. The van der Waals surface area contributed by atoms with Gasteiger partial charge in [0.1, 0.15) is 0 Å². The van der Waals surface area contributed by atoms with Crippen LogP contribution in [-0.2, 0) is 15.6 Å². The third-order valence-corrected chi connectivity index (χ3v) is 7.41. The molecule has 2 nitrogen and oxygen atoms in total. The summed E-state index contributed by atoms with van der Waals surface area (Å²) < 4.78 is 6.07. The number of carbonyl (C=O) groups excluding carboxylic acids is 1. The summed E-state index contributed by atoms with van der Waals surface area (Å²) in [5.41, 5.74) is 6.24. The van der Waals surface area contributed by atoms with E-state index in [4.69, 9.17) is 4.74 Å². The van der Waals surface area contributed by atoms with Crippen molar-refractivity contribution in [3.63, 3.8) is 0 Å². The highest BCUT2D eigenvalue weighted by molar-refractivity contribution is 14.1. The second-order valence-corrected chi connectivity index (χ2v) is 10.6. The first-order chi connectivity index (χ1) is 13.6. The Morgan fingerprint density at radius 2 is 1.45 bits per heavy atom. The third kappa shape index (κ3) is 3.58. The average molecular weight is 496 g/mol. The van der Waals surface area contributed by atoms with Crippen LogP contribution in [0.2, 0.25) is 0 Å². The predicted molar refractivity (Wildman–Crippen MR) is 129 cm³/mol. The monoisotopic (exact) mass is 496 g/mol. The predicted octanol–water partition coefficient (Wildman–Crippen LogP) is 7.25. The summed E-state index contributed by atoms with van der Waals surface area (Å²) >= 11 is 2.46. The Kier molecular flexibility index (Phi) is 5.01. The van der Waals surface area contributed by atoms with Crippen LogP contribution in [0.4, 0.5) is 0 Å². The maximum absolute atomic E-state index is 11.7. The van der Waals surface area contributed by atoms with E-state index in [1.807, 2.05) is 24.3 Å². The van der Waals surface area contributed by atoms with Crippen LogP contribution in [0.1, 0.15) is 62.0 Å². The van der Waals surface area contributed by atoms with E-state index >= 15 is 0 Å². The molecule has 3 aromatic rings. The average Bonchev–Trinajstić information content (AvgIpc) is 2.70. The number of methoxy groups -OCH3 is 1. The van der Waals surface area contributed by atoms with Gasteiger partial charge in [-0.3, -0.25) is 0 Å². The summed E-state index contributed by atoms with van der Waals surface area (Å²) in [6, 6.07) is 17.0. The molecular weight excluding hydrogens is 469 g/mol. The molecule has 3 heteroatoms. The Hall–Kier alpha value is -1.88. The number of benzene rings is 3. The standard InChI is InChI=1S/C26H27IO2/c1-25(2)10-11-26(3,4)22-15-20-19(13-21(22)25)12-18(14-23(20)27)16-6-8-17(9-7-16)24(28)29-5/h6-9,12-15H,10-11H2,1-5H3/i27-2. The second kappa shape index (κ2) is 7.12. The quantitative estimate of drug-likeness (QED) is 0.276. The molecule has 29 heavy (non-hydrogen) atoms. The van der Waals surface area contributed by atoms with Gasteiger partial charge in [-0.25, -0.2) is 4.79 Å². The Morgan fingerprint density at radius 3 is 2.03 bits per heavy atom. The summed E-state index contributed by atoms with van der Waals surface area (Å²) in [6.45, 7) is 9.48. The molecule has 0 heterocycles. The Labute approximate surface area is 186 Å². The van der Waals surface area contributed by atoms with Crippen LogP contribution in [0, 0.1) is 3.57 Å². The minimum Gasteiger partial charge on any atom is -0.465 e. The first-order valence-corrected chi connectivity index (χ1v) is 11.2. The van der Waals surface area contributed by atoms with Crippen molar-refractivity contribution in [3.05, 3.63) is 68.8 Å². The number of carbonyl (C=O) groups is 1. The maximum Gasteiger partial charge on any atom is 0.337 e. The molecule has 0 saturated carbocycles. The molecule has 3 aromatic carbocycles. The normalized spacial score (nSPS) is 17.0. The van der Waals surface area contributed by atoms with E-state index in [-0.39, 0.29) is 16.8 Å². The van der Waals surface area contributed by atoms with E-state index in [0.717, 1.165) is 5.56 Å². The van der Waals surface area contributed by atoms with Gasteiger partial charge in [0.05, 0.1) is 12.7 Å². The number of rotatable bonds is 2. The van der Waals surface area contributed by atoms with E-state index in [1.165, 1.54) is 51.0 Å². The summed E-state index contributed by atoms with van der Waals surface area (Å²) in [6.07, 6.45) is 2.43. The largest absolute Gasteiger partial charge is 0.465 e. The van der Waals surface area contributed by atoms with Crippen LogP contribution in [-0.4, -0.2) is 13.1 Å². The zero-order chi connectivity index (χ0) is 21.0. The van der Waals surface area contributed by atoms with Crippen LogP contribution in [0.15, 0.2) is 48.5 Å². The van der Waals surface area contributed by atoms with E-state index < -0.39 is 0 Å². The third-order valence-electron chi connectivity index (χ3n) is 6.51. The minimum atomic E-state index is -0.305. The van der Waals surface area contributed by atoms with Crippen molar-refractivity contribution in [2.24, 2.45) is 0 Å². The van der Waals surface area contributed by atoms with Crippen molar-refractivity contribution in [3.8, 4) is 11.1 Å². The number of fused-ring (bicyclic) bond motifs is 2. The van der Waals surface area contributed by atoms with Gasteiger partial charge < -0.3 is 4.74 Å². The fourth-order valence-electron chi connectivity index (χ4n) is 4.46. The Balaban J connectivity index is 1.86. The van der Waals surface area contributed by atoms with Crippen LogP contribution >= 0.6 is 22.6 Å². The molecule has 1 aliphatic rings. The molecule has 0 bridgehead atoms. The Morgan fingerprint density at radius 1 is 0.862 bits per heavy atom. The first-order valence-electron chi connectivity index (χ1n) is 10.1. The van der Waals surface area contributed by atoms with Crippen LogP contribution in [0.5, 0.6) is 0 Å². The molecule has 0 N–H and O–H groups in total. The van der Waals surface area contributed by atoms with E-state index in [1.54, 1.807) is 0 Å². The smallest absolute Gasteiger partial charge is 0.337 e. The molecule has 0 atom stereocenters. The molecule has 0 aliphatic heterocycles. The van der Waals surface area contributed by atoms with Gasteiger partial charge in [-0.1, -0.05) is 45.9 Å². The molecule has 0 saturated heterocycles. The van der Waals surface area contributed by atoms with Crippen molar-refractivity contribution < 1.29 is 9.53 Å². The van der Waals surface area contributed by atoms with Gasteiger partial charge in [0.15, 0.2) is 0 Å². The summed E-state index contributed by atoms with van der Waals surface area (Å²) in [5.74, 6) is -0.305. The number of hydrogen-bond donors (Lipinski definition) is 0. The van der Waals surface area contributed by atoms with Gasteiger partial charge in [0.2, 0.25) is 0 Å². The number of ether oxygens (including phenoxy) is 1. The van der Waals surface area contributed by atoms with Gasteiger partial charge in [0, 0.05) is 3.57 Å². The van der Waals surface area contributed by atoms with Gasteiger partial charge in [-0.05, 0) is 110 Å². The molecule has 0 amide bonds. The van der Waals surface area contributed by atoms with E-state index in [0.29, 0.717) is 5.56 Å². The molecule has 1 aliphatic carbocycles. The van der Waals surface area contributed by atoms with Gasteiger partial charge >= 0.3 is 5.97 Å². The topological polar surface area (TPSA) is 26.3 Å². The SMILES string of the molecule is COC(=O)c1ccc(-c2cc([125I])c3cc4c(cc3c2)C(C)(C)CCC4(C)C)cc1. The maximum atomic E-state index is 11.7. The second-order valence-electron chi connectivity index (χ2n) is 9.41. The zero-order valence-corrected chi connectivity index (χ0v) is 19.9. The molecular formula is C26H27IO2.